The minimum atomic E-state index is -0.329. The van der Waals surface area contributed by atoms with E-state index in [-0.39, 0.29) is 18.4 Å². The maximum Gasteiger partial charge on any atom is 0.253 e. The van der Waals surface area contributed by atoms with Crippen molar-refractivity contribution in [3.63, 3.8) is 0 Å². The first-order valence-electron chi connectivity index (χ1n) is 6.10. The van der Waals surface area contributed by atoms with E-state index in [1.54, 1.807) is 18.2 Å². The fourth-order valence-electron chi connectivity index (χ4n) is 1.46. The minimum absolute atomic E-state index is 0.0605. The molecule has 1 aromatic carbocycles. The van der Waals surface area contributed by atoms with Crippen molar-refractivity contribution >= 4 is 29.1 Å². The Kier molecular flexibility index (Phi) is 6.15. The number of rotatable bonds is 6. The molecule has 5 nitrogen and oxygen atoms in total. The Morgan fingerprint density at radius 2 is 2.05 bits per heavy atom. The molecule has 1 aromatic rings. The highest BCUT2D eigenvalue weighted by Gasteiger charge is 2.12. The second-order valence-electron chi connectivity index (χ2n) is 3.97. The third-order valence-corrected chi connectivity index (χ3v) is 2.72. The summed E-state index contributed by atoms with van der Waals surface area (Å²) in [6, 6.07) is 5.06. The number of anilines is 1. The monoisotopic (exact) mass is 283 g/mol. The van der Waals surface area contributed by atoms with Crippen molar-refractivity contribution in [1.82, 2.24) is 10.6 Å². The number of hydrogen-bond acceptors (Lipinski definition) is 3. The summed E-state index contributed by atoms with van der Waals surface area (Å²) in [6.45, 7) is 2.74. The molecule has 0 bridgehead atoms. The fraction of sp³-hybridized carbons (Fsp3) is 0.385. The second kappa shape index (κ2) is 7.63. The van der Waals surface area contributed by atoms with Gasteiger partial charge in [0.1, 0.15) is 0 Å². The molecule has 0 spiro atoms. The lowest BCUT2D eigenvalue weighted by Crippen LogP contribution is -2.35. The summed E-state index contributed by atoms with van der Waals surface area (Å²) < 4.78 is 0. The molecule has 19 heavy (non-hydrogen) atoms. The highest BCUT2D eigenvalue weighted by molar-refractivity contribution is 6.31. The molecule has 0 aliphatic carbocycles. The number of nitrogens with one attached hydrogen (secondary N) is 3. The summed E-state index contributed by atoms with van der Waals surface area (Å²) in [6.07, 6.45) is 0.946. The Morgan fingerprint density at radius 1 is 1.32 bits per heavy atom. The number of likely N-dealkylation sites (N-methyl/N-ethyl adjacent to an activating group) is 1. The number of amides is 2. The Balaban J connectivity index is 2.81. The van der Waals surface area contributed by atoms with Gasteiger partial charge in [0.15, 0.2) is 0 Å². The summed E-state index contributed by atoms with van der Waals surface area (Å²) in [5.41, 5.74) is 1.14. The van der Waals surface area contributed by atoms with E-state index in [2.05, 4.69) is 16.0 Å². The van der Waals surface area contributed by atoms with Crippen molar-refractivity contribution in [2.45, 2.75) is 13.3 Å². The normalized spacial score (nSPS) is 9.84. The van der Waals surface area contributed by atoms with Gasteiger partial charge in [-0.2, -0.15) is 0 Å². The first-order chi connectivity index (χ1) is 9.08. The molecule has 0 radical (unpaired) electrons. The van der Waals surface area contributed by atoms with Crippen molar-refractivity contribution in [1.29, 1.82) is 0 Å². The summed E-state index contributed by atoms with van der Waals surface area (Å²) in [5, 5.41) is 8.61. The zero-order chi connectivity index (χ0) is 14.3. The van der Waals surface area contributed by atoms with Gasteiger partial charge in [-0.25, -0.2) is 0 Å². The van der Waals surface area contributed by atoms with E-state index in [0.29, 0.717) is 16.3 Å². The van der Waals surface area contributed by atoms with Gasteiger partial charge >= 0.3 is 0 Å². The zero-order valence-corrected chi connectivity index (χ0v) is 11.8. The largest absolute Gasteiger partial charge is 0.384 e. The average molecular weight is 284 g/mol. The quantitative estimate of drug-likeness (QED) is 0.743. The average Bonchev–Trinajstić information content (AvgIpc) is 2.42. The number of benzene rings is 1. The van der Waals surface area contributed by atoms with Crippen LogP contribution in [-0.4, -0.2) is 32.0 Å². The third-order valence-electron chi connectivity index (χ3n) is 2.48. The molecule has 3 N–H and O–H groups in total. The maximum atomic E-state index is 12.0. The van der Waals surface area contributed by atoms with Gasteiger partial charge in [-0.3, -0.25) is 9.59 Å². The van der Waals surface area contributed by atoms with Crippen LogP contribution in [-0.2, 0) is 4.79 Å². The van der Waals surface area contributed by atoms with Gasteiger partial charge in [0, 0.05) is 24.3 Å². The molecular weight excluding hydrogens is 266 g/mol. The van der Waals surface area contributed by atoms with Gasteiger partial charge in [0.05, 0.1) is 12.1 Å². The van der Waals surface area contributed by atoms with Crippen LogP contribution in [0.2, 0.25) is 5.02 Å². The van der Waals surface area contributed by atoms with Gasteiger partial charge in [0.2, 0.25) is 5.91 Å². The summed E-state index contributed by atoms with van der Waals surface area (Å²) in [5.74, 6) is -0.580. The van der Waals surface area contributed by atoms with Crippen molar-refractivity contribution in [3.8, 4) is 0 Å². The van der Waals surface area contributed by atoms with E-state index in [0.717, 1.165) is 13.0 Å². The van der Waals surface area contributed by atoms with Crippen molar-refractivity contribution in [2.24, 2.45) is 0 Å². The lowest BCUT2D eigenvalue weighted by atomic mass is 10.1. The number of carbonyl (C=O) groups is 2. The van der Waals surface area contributed by atoms with Crippen LogP contribution in [0, 0.1) is 0 Å². The molecule has 0 fully saturated rings. The van der Waals surface area contributed by atoms with Gasteiger partial charge in [-0.05, 0) is 24.6 Å². The highest BCUT2D eigenvalue weighted by atomic mass is 35.5. The van der Waals surface area contributed by atoms with Crippen LogP contribution < -0.4 is 16.0 Å². The topological polar surface area (TPSA) is 70.2 Å². The molecular formula is C13H18ClN3O2. The second-order valence-corrected chi connectivity index (χ2v) is 4.41. The minimum Gasteiger partial charge on any atom is -0.384 e. The number of hydrogen-bond donors (Lipinski definition) is 3. The van der Waals surface area contributed by atoms with Gasteiger partial charge in [0.25, 0.3) is 5.91 Å². The van der Waals surface area contributed by atoms with Crippen LogP contribution in [0.15, 0.2) is 18.2 Å². The molecule has 0 unspecified atom stereocenters. The van der Waals surface area contributed by atoms with E-state index < -0.39 is 0 Å². The SMILES string of the molecule is CCCNc1ccc(Cl)cc1C(=O)NCC(=O)NC. The molecule has 1 rings (SSSR count). The molecule has 0 aromatic heterocycles. The van der Waals surface area contributed by atoms with Gasteiger partial charge in [-0.15, -0.1) is 0 Å². The van der Waals surface area contributed by atoms with E-state index >= 15 is 0 Å². The van der Waals surface area contributed by atoms with Crippen molar-refractivity contribution in [2.75, 3.05) is 25.5 Å². The maximum absolute atomic E-state index is 12.0. The zero-order valence-electron chi connectivity index (χ0n) is 11.0. The van der Waals surface area contributed by atoms with Crippen LogP contribution in [0.5, 0.6) is 0 Å². The molecule has 0 saturated carbocycles. The van der Waals surface area contributed by atoms with Crippen LogP contribution in [0.4, 0.5) is 5.69 Å². The first kappa shape index (κ1) is 15.3. The Labute approximate surface area is 117 Å². The molecule has 0 heterocycles. The van der Waals surface area contributed by atoms with E-state index in [4.69, 9.17) is 11.6 Å². The predicted octanol–water partition coefficient (Wildman–Crippen LogP) is 1.64. The molecule has 0 saturated heterocycles. The predicted molar refractivity (Wildman–Crippen MR) is 76.6 cm³/mol. The number of carbonyl (C=O) groups excluding carboxylic acids is 2. The Morgan fingerprint density at radius 3 is 2.68 bits per heavy atom. The Bertz CT molecular complexity index is 463. The van der Waals surface area contributed by atoms with Crippen LogP contribution in [0.25, 0.3) is 0 Å². The van der Waals surface area contributed by atoms with Gasteiger partial charge < -0.3 is 16.0 Å². The Hall–Kier alpha value is -1.75. The molecule has 0 aliphatic rings. The molecule has 2 amide bonds. The fourth-order valence-corrected chi connectivity index (χ4v) is 1.63. The number of halogens is 1. The van der Waals surface area contributed by atoms with Crippen molar-refractivity contribution in [3.05, 3.63) is 28.8 Å². The highest BCUT2D eigenvalue weighted by Crippen LogP contribution is 2.20. The molecule has 0 atom stereocenters. The van der Waals surface area contributed by atoms with E-state index in [1.165, 1.54) is 7.05 Å². The van der Waals surface area contributed by atoms with Crippen LogP contribution in [0.1, 0.15) is 23.7 Å². The summed E-state index contributed by atoms with van der Waals surface area (Å²) >= 11 is 5.90. The van der Waals surface area contributed by atoms with Crippen LogP contribution in [0.3, 0.4) is 0 Å². The van der Waals surface area contributed by atoms with Crippen LogP contribution >= 0.6 is 11.6 Å². The molecule has 104 valence electrons. The van der Waals surface area contributed by atoms with Gasteiger partial charge in [-0.1, -0.05) is 18.5 Å². The third kappa shape index (κ3) is 4.79. The summed E-state index contributed by atoms with van der Waals surface area (Å²) in [4.78, 5) is 23.1. The lowest BCUT2D eigenvalue weighted by molar-refractivity contribution is -0.119. The summed E-state index contributed by atoms with van der Waals surface area (Å²) in [7, 11) is 1.52. The molecule has 0 aliphatic heterocycles. The van der Waals surface area contributed by atoms with E-state index in [9.17, 15) is 9.59 Å². The standard InChI is InChI=1S/C13H18ClN3O2/c1-3-6-16-11-5-4-9(14)7-10(11)13(19)17-8-12(18)15-2/h4-5,7,16H,3,6,8H2,1-2H3,(H,15,18)(H,17,19). The molecule has 6 heteroatoms. The van der Waals surface area contributed by atoms with Crippen molar-refractivity contribution < 1.29 is 9.59 Å². The lowest BCUT2D eigenvalue weighted by Gasteiger charge is -2.12. The first-order valence-corrected chi connectivity index (χ1v) is 6.48. The smallest absolute Gasteiger partial charge is 0.253 e. The van der Waals surface area contributed by atoms with E-state index in [1.807, 2.05) is 6.92 Å².